The third kappa shape index (κ3) is 4.17. The summed E-state index contributed by atoms with van der Waals surface area (Å²) in [5.74, 6) is 0. The van der Waals surface area contributed by atoms with E-state index in [4.69, 9.17) is 16.0 Å². The highest BCUT2D eigenvalue weighted by Crippen LogP contribution is 2.32. The maximum absolute atomic E-state index is 12.9. The molecule has 2 N–H and O–H groups in total. The van der Waals surface area contributed by atoms with E-state index >= 15 is 0 Å². The number of furan rings is 1. The number of hydrogen-bond acceptors (Lipinski definition) is 6. The molecule has 0 saturated heterocycles. The molecule has 0 fully saturated rings. The van der Waals surface area contributed by atoms with Crippen molar-refractivity contribution in [2.24, 2.45) is 0 Å². The van der Waals surface area contributed by atoms with Crippen molar-refractivity contribution < 1.29 is 21.3 Å². The second kappa shape index (κ2) is 7.62. The summed E-state index contributed by atoms with van der Waals surface area (Å²) in [6.07, 6.45) is 0. The second-order valence-corrected chi connectivity index (χ2v) is 11.6. The van der Waals surface area contributed by atoms with E-state index in [1.54, 1.807) is 37.3 Å². The molecule has 2 aromatic heterocycles. The maximum atomic E-state index is 12.9. The zero-order chi connectivity index (χ0) is 21.5. The van der Waals surface area contributed by atoms with E-state index in [-0.39, 0.29) is 25.7 Å². The van der Waals surface area contributed by atoms with E-state index in [0.717, 1.165) is 16.2 Å². The first-order valence-corrected chi connectivity index (χ1v) is 12.7. The summed E-state index contributed by atoms with van der Waals surface area (Å²) in [5, 5.41) is 0.552. The summed E-state index contributed by atoms with van der Waals surface area (Å²) in [5.41, 5.74) is 0.419. The van der Waals surface area contributed by atoms with Gasteiger partial charge in [0.1, 0.15) is 9.79 Å². The van der Waals surface area contributed by atoms with Crippen molar-refractivity contribution in [3.63, 3.8) is 0 Å². The number of benzene rings is 2. The summed E-state index contributed by atoms with van der Waals surface area (Å²) in [4.78, 5) is 0.831. The first kappa shape index (κ1) is 20.7. The number of anilines is 2. The Labute approximate surface area is 182 Å². The van der Waals surface area contributed by atoms with Crippen LogP contribution in [0.2, 0.25) is 5.02 Å². The second-order valence-electron chi connectivity index (χ2n) is 6.37. The lowest BCUT2D eigenvalue weighted by molar-refractivity contribution is 0.484. The third-order valence-corrected chi connectivity index (χ3v) is 8.43. The topological polar surface area (TPSA) is 105 Å². The Morgan fingerprint density at radius 2 is 1.60 bits per heavy atom. The molecular weight excluding hydrogens is 468 g/mol. The Kier molecular flexibility index (Phi) is 5.27. The van der Waals surface area contributed by atoms with Gasteiger partial charge in [0.25, 0.3) is 20.0 Å². The number of hydrogen-bond donors (Lipinski definition) is 2. The highest BCUT2D eigenvalue weighted by molar-refractivity contribution is 7.94. The number of sulfonamides is 2. The lowest BCUT2D eigenvalue weighted by atomic mass is 10.3. The first-order valence-electron chi connectivity index (χ1n) is 8.54. The SMILES string of the molecule is Cc1ccc(S(=O)(=O)Nc2ccc(Cl)cc2NS(=O)(=O)c2cc3ccccc3o2)s1. The Hall–Kier alpha value is -2.53. The number of nitrogens with one attached hydrogen (secondary N) is 2. The monoisotopic (exact) mass is 482 g/mol. The Morgan fingerprint density at radius 3 is 2.30 bits per heavy atom. The van der Waals surface area contributed by atoms with Crippen molar-refractivity contribution in [2.75, 3.05) is 9.44 Å². The van der Waals surface area contributed by atoms with Crippen molar-refractivity contribution in [3.8, 4) is 0 Å². The van der Waals surface area contributed by atoms with Gasteiger partial charge in [-0.3, -0.25) is 9.44 Å². The van der Waals surface area contributed by atoms with Crippen LogP contribution in [-0.4, -0.2) is 16.8 Å². The van der Waals surface area contributed by atoms with Crippen LogP contribution in [0.25, 0.3) is 11.0 Å². The van der Waals surface area contributed by atoms with Crippen molar-refractivity contribution in [1.82, 2.24) is 0 Å². The highest BCUT2D eigenvalue weighted by Gasteiger charge is 2.23. The molecule has 30 heavy (non-hydrogen) atoms. The van der Waals surface area contributed by atoms with Crippen LogP contribution >= 0.6 is 22.9 Å². The number of rotatable bonds is 6. The number of fused-ring (bicyclic) bond motifs is 1. The summed E-state index contributed by atoms with van der Waals surface area (Å²) in [7, 11) is -8.04. The smallest absolute Gasteiger partial charge is 0.295 e. The molecule has 0 aliphatic rings. The van der Waals surface area contributed by atoms with Crippen molar-refractivity contribution in [1.29, 1.82) is 0 Å². The van der Waals surface area contributed by atoms with Gasteiger partial charge in [-0.05, 0) is 43.3 Å². The van der Waals surface area contributed by atoms with Crippen LogP contribution in [0.3, 0.4) is 0 Å². The highest BCUT2D eigenvalue weighted by atomic mass is 35.5. The zero-order valence-corrected chi connectivity index (χ0v) is 18.6. The first-order chi connectivity index (χ1) is 14.1. The number of thiophene rings is 1. The number of halogens is 1. The Balaban J connectivity index is 1.69. The summed E-state index contributed by atoms with van der Waals surface area (Å²) >= 11 is 7.12. The molecule has 0 bridgehead atoms. The fraction of sp³-hybridized carbons (Fsp3) is 0.0526. The van der Waals surface area contributed by atoms with Gasteiger partial charge in [-0.15, -0.1) is 11.3 Å². The van der Waals surface area contributed by atoms with Gasteiger partial charge < -0.3 is 4.42 Å². The molecule has 0 aliphatic heterocycles. The third-order valence-electron chi connectivity index (χ3n) is 4.12. The Morgan fingerprint density at radius 1 is 0.867 bits per heavy atom. The summed E-state index contributed by atoms with van der Waals surface area (Å²) < 4.78 is 61.4. The van der Waals surface area contributed by atoms with Crippen LogP contribution in [0.4, 0.5) is 11.4 Å². The standard InChI is InChI=1S/C19H15ClN2O5S3/c1-12-6-9-19(28-12)30(25,26)21-15-8-7-14(20)11-16(15)22-29(23,24)18-10-13-4-2-3-5-17(13)27-18/h2-11,21-22H,1H3. The van der Waals surface area contributed by atoms with Crippen LogP contribution in [0.5, 0.6) is 0 Å². The van der Waals surface area contributed by atoms with E-state index in [9.17, 15) is 16.8 Å². The molecule has 4 rings (SSSR count). The van der Waals surface area contributed by atoms with Gasteiger partial charge in [0, 0.05) is 21.4 Å². The van der Waals surface area contributed by atoms with Gasteiger partial charge in [-0.2, -0.15) is 8.42 Å². The van der Waals surface area contributed by atoms with E-state index < -0.39 is 20.0 Å². The molecule has 11 heteroatoms. The average molecular weight is 483 g/mol. The minimum Gasteiger partial charge on any atom is -0.443 e. The van der Waals surface area contributed by atoms with E-state index in [0.29, 0.717) is 11.0 Å². The molecule has 7 nitrogen and oxygen atoms in total. The Bertz CT molecular complexity index is 1420. The van der Waals surface area contributed by atoms with Crippen molar-refractivity contribution in [2.45, 2.75) is 16.2 Å². The van der Waals surface area contributed by atoms with Crippen LogP contribution < -0.4 is 9.44 Å². The average Bonchev–Trinajstić information content (AvgIpc) is 3.30. The van der Waals surface area contributed by atoms with Crippen LogP contribution in [0.1, 0.15) is 4.88 Å². The molecule has 156 valence electrons. The summed E-state index contributed by atoms with van der Waals surface area (Å²) in [6, 6.07) is 15.6. The normalized spacial score (nSPS) is 12.2. The predicted octanol–water partition coefficient (Wildman–Crippen LogP) is 5.06. The molecule has 0 spiro atoms. The molecular formula is C19H15ClN2O5S3. The molecule has 0 amide bonds. The molecule has 0 unspecified atom stereocenters. The lowest BCUT2D eigenvalue weighted by Crippen LogP contribution is -2.16. The maximum Gasteiger partial charge on any atom is 0.295 e. The molecule has 4 aromatic rings. The fourth-order valence-electron chi connectivity index (χ4n) is 2.73. The van der Waals surface area contributed by atoms with Crippen molar-refractivity contribution in [3.05, 3.63) is 70.6 Å². The molecule has 0 saturated carbocycles. The van der Waals surface area contributed by atoms with Gasteiger partial charge in [0.15, 0.2) is 0 Å². The van der Waals surface area contributed by atoms with Crippen molar-refractivity contribution >= 4 is 65.3 Å². The number of para-hydroxylation sites is 1. The molecule has 0 atom stereocenters. The minimum absolute atomic E-state index is 0.0280. The van der Waals surface area contributed by atoms with Gasteiger partial charge in [0.05, 0.1) is 11.4 Å². The minimum atomic E-state index is -4.14. The van der Waals surface area contributed by atoms with Crippen LogP contribution in [0, 0.1) is 6.92 Å². The van der Waals surface area contributed by atoms with E-state index in [1.165, 1.54) is 30.3 Å². The molecule has 0 aliphatic carbocycles. The molecule has 0 radical (unpaired) electrons. The van der Waals surface area contributed by atoms with Gasteiger partial charge in [-0.1, -0.05) is 29.8 Å². The molecule has 2 heterocycles. The number of aryl methyl sites for hydroxylation is 1. The fourth-order valence-corrected chi connectivity index (χ4v) is 6.30. The van der Waals surface area contributed by atoms with Gasteiger partial charge >= 0.3 is 0 Å². The van der Waals surface area contributed by atoms with E-state index in [2.05, 4.69) is 9.44 Å². The van der Waals surface area contributed by atoms with Gasteiger partial charge in [0.2, 0.25) is 5.09 Å². The van der Waals surface area contributed by atoms with Crippen LogP contribution in [0.15, 0.2) is 74.4 Å². The lowest BCUT2D eigenvalue weighted by Gasteiger charge is -2.13. The largest absolute Gasteiger partial charge is 0.443 e. The quantitative estimate of drug-likeness (QED) is 0.399. The predicted molar refractivity (Wildman–Crippen MR) is 118 cm³/mol. The summed E-state index contributed by atoms with van der Waals surface area (Å²) in [6.45, 7) is 1.79. The van der Waals surface area contributed by atoms with E-state index in [1.807, 2.05) is 0 Å². The molecule has 2 aromatic carbocycles. The van der Waals surface area contributed by atoms with Crippen LogP contribution in [-0.2, 0) is 20.0 Å². The van der Waals surface area contributed by atoms with Gasteiger partial charge in [-0.25, -0.2) is 8.42 Å². The zero-order valence-electron chi connectivity index (χ0n) is 15.4.